The second-order valence-corrected chi connectivity index (χ2v) is 3.46. The van der Waals surface area contributed by atoms with Crippen LogP contribution in [0.15, 0.2) is 18.2 Å². The van der Waals surface area contributed by atoms with Crippen LogP contribution in [0.25, 0.3) is 0 Å². The summed E-state index contributed by atoms with van der Waals surface area (Å²) in [5.41, 5.74) is 4.83. The molecule has 0 radical (unpaired) electrons. The van der Waals surface area contributed by atoms with E-state index in [4.69, 9.17) is 5.73 Å². The zero-order chi connectivity index (χ0) is 13.9. The minimum Gasteiger partial charge on any atom is -0.406 e. The second kappa shape index (κ2) is 6.85. The lowest BCUT2D eigenvalue weighted by molar-refractivity contribution is -0.274. The number of halogens is 7. The fourth-order valence-corrected chi connectivity index (χ4v) is 1.32. The van der Waals surface area contributed by atoms with E-state index in [0.29, 0.717) is 12.1 Å². The van der Waals surface area contributed by atoms with E-state index >= 15 is 0 Å². The number of hydrogen-bond donors (Lipinski definition) is 1. The fourth-order valence-electron chi connectivity index (χ4n) is 1.32. The van der Waals surface area contributed by atoms with Crippen molar-refractivity contribution in [1.29, 1.82) is 0 Å². The van der Waals surface area contributed by atoms with Crippen LogP contribution in [0, 0.1) is 5.82 Å². The Labute approximate surface area is 110 Å². The van der Waals surface area contributed by atoms with Crippen LogP contribution in [-0.2, 0) is 0 Å². The molecule has 0 unspecified atom stereocenters. The van der Waals surface area contributed by atoms with Crippen LogP contribution >= 0.6 is 12.4 Å². The topological polar surface area (TPSA) is 35.2 Å². The molecule has 1 atom stereocenters. The molecule has 0 aliphatic carbocycles. The van der Waals surface area contributed by atoms with Gasteiger partial charge in [0, 0.05) is 18.0 Å². The maximum atomic E-state index is 13.2. The van der Waals surface area contributed by atoms with E-state index in [2.05, 4.69) is 4.74 Å². The summed E-state index contributed by atoms with van der Waals surface area (Å²) in [4.78, 5) is 0. The van der Waals surface area contributed by atoms with Crippen molar-refractivity contribution in [2.45, 2.75) is 25.3 Å². The van der Waals surface area contributed by atoms with Gasteiger partial charge < -0.3 is 10.5 Å². The van der Waals surface area contributed by atoms with E-state index in [1.54, 1.807) is 0 Å². The van der Waals surface area contributed by atoms with Gasteiger partial charge in [0.15, 0.2) is 0 Å². The maximum absolute atomic E-state index is 13.2. The fraction of sp³-hybridized carbons (Fsp3) is 0.400. The Morgan fingerprint density at radius 1 is 1.21 bits per heavy atom. The molecular weight excluding hydrogens is 300 g/mol. The molecular formula is C10H10ClF6NO. The molecule has 0 aliphatic rings. The molecule has 0 fully saturated rings. The molecule has 0 saturated carbocycles. The lowest BCUT2D eigenvalue weighted by Gasteiger charge is -2.15. The van der Waals surface area contributed by atoms with Crippen LogP contribution < -0.4 is 10.5 Å². The number of alkyl halides is 5. The Balaban J connectivity index is 0.00000324. The first-order valence-electron chi connectivity index (χ1n) is 4.78. The first kappa shape index (κ1) is 17.8. The summed E-state index contributed by atoms with van der Waals surface area (Å²) >= 11 is 0. The smallest absolute Gasteiger partial charge is 0.406 e. The van der Waals surface area contributed by atoms with Crippen LogP contribution in [0.3, 0.4) is 0 Å². The third kappa shape index (κ3) is 6.02. The second-order valence-electron chi connectivity index (χ2n) is 3.46. The number of hydrogen-bond acceptors (Lipinski definition) is 2. The van der Waals surface area contributed by atoms with Crippen molar-refractivity contribution in [2.75, 3.05) is 0 Å². The molecule has 0 aromatic heterocycles. The molecule has 0 spiro atoms. The summed E-state index contributed by atoms with van der Waals surface area (Å²) in [6, 6.07) is 0.681. The first-order chi connectivity index (χ1) is 8.19. The van der Waals surface area contributed by atoms with Crippen molar-refractivity contribution in [3.63, 3.8) is 0 Å². The van der Waals surface area contributed by atoms with Gasteiger partial charge in [0.25, 0.3) is 0 Å². The Hall–Kier alpha value is -1.15. The normalized spacial score (nSPS) is 13.1. The number of nitrogens with two attached hydrogens (primary N) is 1. The van der Waals surface area contributed by atoms with Gasteiger partial charge in [0.05, 0.1) is 0 Å². The standard InChI is InChI=1S/C10H9F6NO.ClH/c11-7-2-1-5(18-10(14,15)16)3-6(7)8(17)4-9(12)13;/h1-3,8-9H,4,17H2;1H/t8-;/m1./s1. The van der Waals surface area contributed by atoms with E-state index in [1.165, 1.54) is 0 Å². The van der Waals surface area contributed by atoms with Gasteiger partial charge in [0.2, 0.25) is 6.43 Å². The monoisotopic (exact) mass is 309 g/mol. The van der Waals surface area contributed by atoms with Crippen LogP contribution in [-0.4, -0.2) is 12.8 Å². The summed E-state index contributed by atoms with van der Waals surface area (Å²) in [5, 5.41) is 0. The molecule has 19 heavy (non-hydrogen) atoms. The van der Waals surface area contributed by atoms with Crippen molar-refractivity contribution in [3.8, 4) is 5.75 Å². The molecule has 0 aliphatic heterocycles. The van der Waals surface area contributed by atoms with Gasteiger partial charge in [-0.05, 0) is 18.2 Å². The predicted molar refractivity (Wildman–Crippen MR) is 57.9 cm³/mol. The third-order valence-corrected chi connectivity index (χ3v) is 2.03. The van der Waals surface area contributed by atoms with Gasteiger partial charge in [-0.2, -0.15) is 0 Å². The van der Waals surface area contributed by atoms with Crippen molar-refractivity contribution in [2.24, 2.45) is 5.73 Å². The molecule has 9 heteroatoms. The summed E-state index contributed by atoms with van der Waals surface area (Å²) in [5.74, 6) is -1.67. The maximum Gasteiger partial charge on any atom is 0.573 e. The molecule has 1 aromatic carbocycles. The molecule has 0 bridgehead atoms. The highest BCUT2D eigenvalue weighted by molar-refractivity contribution is 5.85. The Bertz CT molecular complexity index is 411. The Morgan fingerprint density at radius 3 is 2.26 bits per heavy atom. The van der Waals surface area contributed by atoms with Gasteiger partial charge in [0.1, 0.15) is 11.6 Å². The van der Waals surface area contributed by atoms with E-state index in [1.807, 2.05) is 0 Å². The van der Waals surface area contributed by atoms with Gasteiger partial charge >= 0.3 is 6.36 Å². The zero-order valence-corrected chi connectivity index (χ0v) is 10.1. The highest BCUT2D eigenvalue weighted by atomic mass is 35.5. The van der Waals surface area contributed by atoms with E-state index in [9.17, 15) is 26.3 Å². The van der Waals surface area contributed by atoms with Crippen LogP contribution in [0.2, 0.25) is 0 Å². The molecule has 0 saturated heterocycles. The minimum absolute atomic E-state index is 0. The molecule has 2 N–H and O–H groups in total. The van der Waals surface area contributed by atoms with E-state index in [-0.39, 0.29) is 12.4 Å². The van der Waals surface area contributed by atoms with Gasteiger partial charge in [-0.15, -0.1) is 25.6 Å². The summed E-state index contributed by atoms with van der Waals surface area (Å²) < 4.78 is 76.7. The molecule has 0 amide bonds. The minimum atomic E-state index is -4.94. The van der Waals surface area contributed by atoms with Crippen LogP contribution in [0.1, 0.15) is 18.0 Å². The van der Waals surface area contributed by atoms with Crippen molar-refractivity contribution in [1.82, 2.24) is 0 Å². The summed E-state index contributed by atoms with van der Waals surface area (Å²) in [6.07, 6.45) is -8.58. The average molecular weight is 310 g/mol. The van der Waals surface area contributed by atoms with Crippen LogP contribution in [0.4, 0.5) is 26.3 Å². The molecule has 110 valence electrons. The van der Waals surface area contributed by atoms with Crippen LogP contribution in [0.5, 0.6) is 5.75 Å². The molecule has 1 aromatic rings. The van der Waals surface area contributed by atoms with Gasteiger partial charge in [-0.3, -0.25) is 0 Å². The van der Waals surface area contributed by atoms with Crippen molar-refractivity contribution >= 4 is 12.4 Å². The molecule has 0 heterocycles. The number of benzene rings is 1. The average Bonchev–Trinajstić information content (AvgIpc) is 2.17. The molecule has 1 rings (SSSR count). The lowest BCUT2D eigenvalue weighted by atomic mass is 10.0. The van der Waals surface area contributed by atoms with Gasteiger partial charge in [-0.25, -0.2) is 13.2 Å². The Kier molecular flexibility index (Phi) is 6.44. The quantitative estimate of drug-likeness (QED) is 0.859. The third-order valence-electron chi connectivity index (χ3n) is 2.03. The lowest BCUT2D eigenvalue weighted by Crippen LogP contribution is -2.19. The van der Waals surface area contributed by atoms with Gasteiger partial charge in [-0.1, -0.05) is 0 Å². The predicted octanol–water partition coefficient (Wildman–Crippen LogP) is 3.80. The zero-order valence-electron chi connectivity index (χ0n) is 9.26. The number of rotatable bonds is 4. The Morgan fingerprint density at radius 2 is 1.79 bits per heavy atom. The van der Waals surface area contributed by atoms with Crippen molar-refractivity contribution < 1.29 is 31.1 Å². The number of ether oxygens (including phenoxy) is 1. The van der Waals surface area contributed by atoms with E-state index < -0.39 is 42.4 Å². The highest BCUT2D eigenvalue weighted by Gasteiger charge is 2.31. The van der Waals surface area contributed by atoms with Crippen molar-refractivity contribution in [3.05, 3.63) is 29.6 Å². The van der Waals surface area contributed by atoms with E-state index in [0.717, 1.165) is 6.07 Å². The summed E-state index contributed by atoms with van der Waals surface area (Å²) in [6.45, 7) is 0. The molecule has 2 nitrogen and oxygen atoms in total. The first-order valence-corrected chi connectivity index (χ1v) is 4.78. The largest absolute Gasteiger partial charge is 0.573 e. The SMILES string of the molecule is Cl.N[C@H](CC(F)F)c1cc(OC(F)(F)F)ccc1F. The summed E-state index contributed by atoms with van der Waals surface area (Å²) in [7, 11) is 0. The highest BCUT2D eigenvalue weighted by Crippen LogP contribution is 2.28.